The third kappa shape index (κ3) is 5.85. The summed E-state index contributed by atoms with van der Waals surface area (Å²) in [5.74, 6) is 1.38. The number of methoxy groups -OCH3 is 1. The molecule has 5 rings (SSSR count). The van der Waals surface area contributed by atoms with Gasteiger partial charge in [0.15, 0.2) is 0 Å². The first-order valence-corrected chi connectivity index (χ1v) is 14.1. The number of piperidine rings is 2. The maximum absolute atomic E-state index is 13.5. The number of hydrogen-bond donors (Lipinski definition) is 0. The van der Waals surface area contributed by atoms with Crippen molar-refractivity contribution in [2.45, 2.75) is 57.4 Å². The normalized spacial score (nSPS) is 20.8. The quantitative estimate of drug-likeness (QED) is 0.524. The molecule has 2 aromatic rings. The Balaban J connectivity index is 1.16. The van der Waals surface area contributed by atoms with Crippen LogP contribution in [0.2, 0.25) is 0 Å². The summed E-state index contributed by atoms with van der Waals surface area (Å²) in [7, 11) is 1.67. The van der Waals surface area contributed by atoms with E-state index in [1.54, 1.807) is 7.11 Å². The zero-order valence-corrected chi connectivity index (χ0v) is 22.2. The number of nitrogens with zero attached hydrogens (tertiary/aromatic N) is 3. The molecule has 0 N–H and O–H groups in total. The van der Waals surface area contributed by atoms with Gasteiger partial charge in [-0.2, -0.15) is 0 Å². The third-order valence-corrected chi connectivity index (χ3v) is 8.85. The molecule has 3 saturated heterocycles. The highest BCUT2D eigenvalue weighted by Crippen LogP contribution is 2.42. The highest BCUT2D eigenvalue weighted by atomic mass is 16.5. The number of ether oxygens (including phenoxy) is 1. The summed E-state index contributed by atoms with van der Waals surface area (Å²) in [6, 6.07) is 18.3. The Hall–Kier alpha value is -2.86. The highest BCUT2D eigenvalue weighted by molar-refractivity contribution is 5.85. The molecule has 2 amide bonds. The van der Waals surface area contributed by atoms with Gasteiger partial charge in [0.25, 0.3) is 0 Å². The van der Waals surface area contributed by atoms with E-state index in [-0.39, 0.29) is 11.3 Å². The van der Waals surface area contributed by atoms with Crippen molar-refractivity contribution in [2.75, 3.05) is 46.4 Å². The Morgan fingerprint density at radius 1 is 0.892 bits per heavy atom. The van der Waals surface area contributed by atoms with Crippen molar-refractivity contribution in [3.05, 3.63) is 65.7 Å². The van der Waals surface area contributed by atoms with Crippen molar-refractivity contribution in [1.29, 1.82) is 0 Å². The Morgan fingerprint density at radius 2 is 1.57 bits per heavy atom. The van der Waals surface area contributed by atoms with E-state index < -0.39 is 0 Å². The van der Waals surface area contributed by atoms with Crippen molar-refractivity contribution >= 4 is 11.8 Å². The van der Waals surface area contributed by atoms with E-state index in [2.05, 4.69) is 21.9 Å². The molecule has 0 bridgehead atoms. The lowest BCUT2D eigenvalue weighted by Crippen LogP contribution is -2.45. The van der Waals surface area contributed by atoms with Gasteiger partial charge < -0.3 is 19.4 Å². The first kappa shape index (κ1) is 25.8. The lowest BCUT2D eigenvalue weighted by molar-refractivity contribution is -0.138. The van der Waals surface area contributed by atoms with Gasteiger partial charge in [0, 0.05) is 26.2 Å². The van der Waals surface area contributed by atoms with Crippen LogP contribution in [0.4, 0.5) is 0 Å². The third-order valence-electron chi connectivity index (χ3n) is 8.85. The number of carbonyl (C=O) groups is 2. The maximum atomic E-state index is 13.5. The Bertz CT molecular complexity index is 1040. The van der Waals surface area contributed by atoms with Gasteiger partial charge >= 0.3 is 0 Å². The van der Waals surface area contributed by atoms with Crippen molar-refractivity contribution in [3.8, 4) is 5.75 Å². The van der Waals surface area contributed by atoms with Gasteiger partial charge in [0.1, 0.15) is 5.75 Å². The molecule has 6 heteroatoms. The van der Waals surface area contributed by atoms with Crippen molar-refractivity contribution in [1.82, 2.24) is 14.7 Å². The maximum Gasteiger partial charge on any atom is 0.230 e. The number of hydrogen-bond acceptors (Lipinski definition) is 4. The lowest BCUT2D eigenvalue weighted by Gasteiger charge is -2.38. The van der Waals surface area contributed by atoms with Gasteiger partial charge in [-0.25, -0.2) is 0 Å². The number of amides is 2. The fourth-order valence-electron chi connectivity index (χ4n) is 6.43. The minimum absolute atomic E-state index is 0.0803. The Morgan fingerprint density at radius 3 is 2.24 bits per heavy atom. The lowest BCUT2D eigenvalue weighted by atomic mass is 9.77. The van der Waals surface area contributed by atoms with Crippen LogP contribution < -0.4 is 4.74 Å². The Labute approximate surface area is 221 Å². The molecule has 0 aliphatic carbocycles. The van der Waals surface area contributed by atoms with Crippen LogP contribution in [0.3, 0.4) is 0 Å². The van der Waals surface area contributed by atoms with E-state index in [1.165, 1.54) is 6.42 Å². The molecule has 0 radical (unpaired) electrons. The smallest absolute Gasteiger partial charge is 0.230 e. The molecule has 3 fully saturated rings. The fraction of sp³-hybridized carbons (Fsp3) is 0.548. The zero-order chi connectivity index (χ0) is 25.7. The molecule has 1 unspecified atom stereocenters. The molecule has 0 saturated carbocycles. The summed E-state index contributed by atoms with van der Waals surface area (Å²) in [5.41, 5.74) is 2.08. The van der Waals surface area contributed by atoms with Crippen molar-refractivity contribution < 1.29 is 14.3 Å². The van der Waals surface area contributed by atoms with E-state index >= 15 is 0 Å². The van der Waals surface area contributed by atoms with Crippen LogP contribution >= 0.6 is 0 Å². The summed E-state index contributed by atoms with van der Waals surface area (Å²) < 4.78 is 5.26. The molecule has 1 spiro atoms. The zero-order valence-electron chi connectivity index (χ0n) is 22.2. The molecular formula is C31H41N3O3. The monoisotopic (exact) mass is 503 g/mol. The van der Waals surface area contributed by atoms with Crippen LogP contribution in [0.25, 0.3) is 0 Å². The number of likely N-dealkylation sites (tertiary alicyclic amines) is 3. The molecule has 3 heterocycles. The average molecular weight is 504 g/mol. The van der Waals surface area contributed by atoms with Crippen LogP contribution in [-0.4, -0.2) is 72.9 Å². The van der Waals surface area contributed by atoms with Gasteiger partial charge in [-0.1, -0.05) is 42.5 Å². The summed E-state index contributed by atoms with van der Waals surface area (Å²) in [5, 5.41) is 0. The van der Waals surface area contributed by atoms with E-state index in [0.29, 0.717) is 18.4 Å². The molecule has 2 aromatic carbocycles. The Kier molecular flexibility index (Phi) is 8.14. The number of rotatable bonds is 8. The van der Waals surface area contributed by atoms with Crippen LogP contribution in [0, 0.1) is 5.41 Å². The summed E-state index contributed by atoms with van der Waals surface area (Å²) in [6.45, 7) is 6.06. The van der Waals surface area contributed by atoms with Crippen molar-refractivity contribution in [3.63, 3.8) is 0 Å². The second-order valence-corrected chi connectivity index (χ2v) is 11.1. The molecule has 37 heavy (non-hydrogen) atoms. The highest BCUT2D eigenvalue weighted by Gasteiger charge is 2.47. The van der Waals surface area contributed by atoms with Gasteiger partial charge in [-0.05, 0) is 87.8 Å². The predicted molar refractivity (Wildman–Crippen MR) is 145 cm³/mol. The molecule has 198 valence electrons. The van der Waals surface area contributed by atoms with Crippen LogP contribution in [-0.2, 0) is 16.1 Å². The minimum atomic E-state index is -0.203. The molecule has 3 aliphatic rings. The summed E-state index contributed by atoms with van der Waals surface area (Å²) >= 11 is 0. The van der Waals surface area contributed by atoms with E-state index in [1.807, 2.05) is 47.4 Å². The largest absolute Gasteiger partial charge is 0.497 e. The van der Waals surface area contributed by atoms with Crippen LogP contribution in [0.5, 0.6) is 5.75 Å². The van der Waals surface area contributed by atoms with Crippen LogP contribution in [0.1, 0.15) is 62.0 Å². The van der Waals surface area contributed by atoms with E-state index in [9.17, 15) is 9.59 Å². The standard InChI is InChI=1S/C31H41N3O3/c1-37-27-12-10-25(11-13-27)24-34-23-17-31(30(34)36)15-21-32(22-16-31)20-14-28(26-8-4-2-5-9-26)29(35)33-18-6-3-7-19-33/h2,4-5,8-13,28H,3,6-7,14-24H2,1H3. The molecular weight excluding hydrogens is 462 g/mol. The topological polar surface area (TPSA) is 53.1 Å². The van der Waals surface area contributed by atoms with Crippen molar-refractivity contribution in [2.24, 2.45) is 5.41 Å². The van der Waals surface area contributed by atoms with Gasteiger partial charge in [0.2, 0.25) is 11.8 Å². The van der Waals surface area contributed by atoms with E-state index in [4.69, 9.17) is 4.74 Å². The molecule has 0 aromatic heterocycles. The molecule has 1 atom stereocenters. The number of benzene rings is 2. The van der Waals surface area contributed by atoms with Crippen LogP contribution in [0.15, 0.2) is 54.6 Å². The first-order chi connectivity index (χ1) is 18.1. The molecule has 3 aliphatic heterocycles. The average Bonchev–Trinajstić information content (AvgIpc) is 3.25. The van der Waals surface area contributed by atoms with Gasteiger partial charge in [0.05, 0.1) is 18.4 Å². The van der Waals surface area contributed by atoms with Gasteiger partial charge in [-0.3, -0.25) is 9.59 Å². The second-order valence-electron chi connectivity index (χ2n) is 11.1. The predicted octanol–water partition coefficient (Wildman–Crippen LogP) is 4.70. The summed E-state index contributed by atoms with van der Waals surface area (Å²) in [6.07, 6.45) is 7.09. The minimum Gasteiger partial charge on any atom is -0.497 e. The first-order valence-electron chi connectivity index (χ1n) is 14.1. The number of carbonyl (C=O) groups excluding carboxylic acids is 2. The molecule has 6 nitrogen and oxygen atoms in total. The van der Waals surface area contributed by atoms with E-state index in [0.717, 1.165) is 94.7 Å². The second kappa shape index (κ2) is 11.7. The SMILES string of the molecule is COc1ccc(CN2CCC3(CCN(CCC(C(=O)N4CCCCC4)c4ccccc4)CC3)C2=O)cc1. The van der Waals surface area contributed by atoms with Gasteiger partial charge in [-0.15, -0.1) is 0 Å². The fourth-order valence-corrected chi connectivity index (χ4v) is 6.43. The summed E-state index contributed by atoms with van der Waals surface area (Å²) in [4.78, 5) is 33.6.